The Morgan fingerprint density at radius 2 is 0.891 bits per heavy atom. The number of azo groups is 2. The van der Waals surface area contributed by atoms with Crippen molar-refractivity contribution in [2.24, 2.45) is 20.5 Å². The van der Waals surface area contributed by atoms with Crippen molar-refractivity contribution in [3.8, 4) is 11.5 Å². The zero-order valence-electron chi connectivity index (χ0n) is 28.4. The van der Waals surface area contributed by atoms with Crippen LogP contribution in [0.15, 0.2) is 127 Å². The van der Waals surface area contributed by atoms with Gasteiger partial charge in [-0.25, -0.2) is 16.8 Å². The minimum Gasteiger partial charge on any atom is -0.744 e. The van der Waals surface area contributed by atoms with Gasteiger partial charge in [-0.2, -0.15) is 0 Å². The van der Waals surface area contributed by atoms with E-state index in [9.17, 15) is 56.4 Å². The quantitative estimate of drug-likeness (QED) is 0.0486. The third-order valence-electron chi connectivity index (χ3n) is 7.92. The van der Waals surface area contributed by atoms with E-state index in [1.165, 1.54) is 50.2 Å². The molecule has 0 unspecified atom stereocenters. The van der Waals surface area contributed by atoms with Gasteiger partial charge in [0, 0.05) is 22.9 Å². The van der Waals surface area contributed by atoms with Crippen LogP contribution in [-0.2, 0) is 20.2 Å². The van der Waals surface area contributed by atoms with E-state index in [0.29, 0.717) is 21.5 Å². The molecular weight excluding hydrogens is 886 g/mol. The van der Waals surface area contributed by atoms with E-state index in [4.69, 9.17) is 0 Å². The predicted octanol–water partition coefficient (Wildman–Crippen LogP) is 7.78. The average Bonchev–Trinajstić information content (AvgIpc) is 3.10. The molecule has 21 heteroatoms. The molecule has 6 aromatic carbocycles. The van der Waals surface area contributed by atoms with Gasteiger partial charge in [0.1, 0.15) is 31.6 Å². The van der Waals surface area contributed by atoms with Crippen LogP contribution in [0.4, 0.5) is 34.1 Å². The van der Waals surface area contributed by atoms with Crippen molar-refractivity contribution in [3.63, 3.8) is 0 Å². The number of phenolic OH excluding ortho intramolecular Hbond substituents is 2. The largest absolute Gasteiger partial charge is 2.00 e. The maximum absolute atomic E-state index is 11.4. The number of benzene rings is 6. The first-order valence-corrected chi connectivity index (χ1v) is 17.9. The first-order chi connectivity index (χ1) is 25.4. The van der Waals surface area contributed by atoms with Crippen LogP contribution in [0.3, 0.4) is 0 Å². The van der Waals surface area contributed by atoms with Crippen molar-refractivity contribution in [1.82, 2.24) is 0 Å². The van der Waals surface area contributed by atoms with Gasteiger partial charge < -0.3 is 19.3 Å². The molecule has 0 aliphatic carbocycles. The van der Waals surface area contributed by atoms with Gasteiger partial charge >= 0.3 is 48.9 Å². The molecular formula is C34H24BaN6O12S2. The van der Waals surface area contributed by atoms with Crippen LogP contribution >= 0.6 is 0 Å². The number of hydrogen-bond acceptors (Lipinski definition) is 16. The fraction of sp³-hybridized carbons (Fsp3) is 0.0588. The first kappa shape index (κ1) is 42.6. The minimum absolute atomic E-state index is 0. The van der Waals surface area contributed by atoms with Crippen molar-refractivity contribution in [2.45, 2.75) is 23.6 Å². The smallest absolute Gasteiger partial charge is 0.744 e. The van der Waals surface area contributed by atoms with Crippen LogP contribution in [0.25, 0.3) is 21.5 Å². The second kappa shape index (κ2) is 17.1. The summed E-state index contributed by atoms with van der Waals surface area (Å²) in [5, 5.41) is 59.7. The Bertz CT molecular complexity index is 2610. The Kier molecular flexibility index (Phi) is 13.2. The molecule has 0 amide bonds. The third kappa shape index (κ3) is 9.38. The summed E-state index contributed by atoms with van der Waals surface area (Å²) in [6.45, 7) is 2.98. The van der Waals surface area contributed by atoms with E-state index < -0.39 is 51.4 Å². The van der Waals surface area contributed by atoms with E-state index in [1.807, 2.05) is 0 Å². The van der Waals surface area contributed by atoms with Gasteiger partial charge in [0.05, 0.1) is 42.1 Å². The molecule has 55 heavy (non-hydrogen) atoms. The van der Waals surface area contributed by atoms with Crippen molar-refractivity contribution >= 4 is 125 Å². The van der Waals surface area contributed by atoms with Gasteiger partial charge in [0.2, 0.25) is 0 Å². The summed E-state index contributed by atoms with van der Waals surface area (Å²) >= 11 is 0. The van der Waals surface area contributed by atoms with Crippen molar-refractivity contribution < 1.29 is 46.0 Å². The van der Waals surface area contributed by atoms with Crippen molar-refractivity contribution in [1.29, 1.82) is 0 Å². The van der Waals surface area contributed by atoms with Crippen LogP contribution in [0.1, 0.15) is 11.1 Å². The van der Waals surface area contributed by atoms with Gasteiger partial charge in [-0.3, -0.25) is 20.2 Å². The van der Waals surface area contributed by atoms with Gasteiger partial charge in [-0.05, 0) is 48.9 Å². The maximum Gasteiger partial charge on any atom is 2.00 e. The van der Waals surface area contributed by atoms with E-state index in [0.717, 1.165) is 12.1 Å². The fourth-order valence-corrected chi connectivity index (χ4v) is 6.42. The zero-order valence-corrected chi connectivity index (χ0v) is 34.5. The molecule has 0 spiro atoms. The Balaban J connectivity index is 0.000000240. The Morgan fingerprint density at radius 3 is 1.22 bits per heavy atom. The number of rotatable bonds is 8. The van der Waals surface area contributed by atoms with Crippen LogP contribution in [0, 0.1) is 34.1 Å². The molecule has 0 aliphatic heterocycles. The molecule has 0 aliphatic rings. The molecule has 0 saturated carbocycles. The average molecular weight is 910 g/mol. The molecule has 6 aromatic rings. The number of fused-ring (bicyclic) bond motifs is 2. The van der Waals surface area contributed by atoms with E-state index in [1.54, 1.807) is 48.5 Å². The second-order valence-corrected chi connectivity index (χ2v) is 13.9. The molecule has 0 fully saturated rings. The predicted molar refractivity (Wildman–Crippen MR) is 197 cm³/mol. The summed E-state index contributed by atoms with van der Waals surface area (Å²) in [7, 11) is -9.90. The number of nitro benzene ring substituents is 2. The number of aromatic hydroxyl groups is 2. The first-order valence-electron chi connectivity index (χ1n) is 15.1. The number of nitro groups is 2. The zero-order chi connectivity index (χ0) is 39.5. The Morgan fingerprint density at radius 1 is 0.545 bits per heavy atom. The molecule has 0 heterocycles. The molecule has 0 bridgehead atoms. The summed E-state index contributed by atoms with van der Waals surface area (Å²) in [5.41, 5.74) is 0.103. The van der Waals surface area contributed by atoms with Gasteiger partial charge in [-0.15, -0.1) is 20.5 Å². The summed E-state index contributed by atoms with van der Waals surface area (Å²) in [6.07, 6.45) is 0. The van der Waals surface area contributed by atoms with Crippen molar-refractivity contribution in [2.75, 3.05) is 0 Å². The standard InChI is InChI=1S/2C17H13N3O6S.Ba/c2*1-10-13(7-4-8-14(10)20(22)23)18-19-16-12-6-3-2-5-11(12)9-15(17(16)21)27(24,25)26;/h2*2-9,21H,1H3,(H,24,25,26);/q;;+2/p-2. The molecule has 0 aromatic heterocycles. The normalized spacial score (nSPS) is 11.7. The van der Waals surface area contributed by atoms with Gasteiger partial charge in [-0.1, -0.05) is 60.7 Å². The van der Waals surface area contributed by atoms with Crippen molar-refractivity contribution in [3.05, 3.63) is 128 Å². The molecule has 2 N–H and O–H groups in total. The van der Waals surface area contributed by atoms with E-state index in [-0.39, 0.29) is 94.1 Å². The third-order valence-corrected chi connectivity index (χ3v) is 9.62. The maximum atomic E-state index is 11.4. The summed E-state index contributed by atoms with van der Waals surface area (Å²) in [5.74, 6) is -1.65. The van der Waals surface area contributed by atoms with E-state index in [2.05, 4.69) is 20.5 Å². The SMILES string of the molecule is Cc1c(N=Nc2c(O)c(S(=O)(=O)[O-])cc3ccccc23)cccc1[N+](=O)[O-].Cc1c(N=Nc2c(O)c(S(=O)(=O)[O-])cc3ccccc23)cccc1[N+](=O)[O-].[Ba+2]. The van der Waals surface area contributed by atoms with Gasteiger partial charge in [0.25, 0.3) is 11.4 Å². The number of phenols is 2. The van der Waals surface area contributed by atoms with Gasteiger partial charge in [0.15, 0.2) is 11.5 Å². The Hall–Kier alpha value is -5.17. The number of hydrogen-bond donors (Lipinski definition) is 2. The minimum atomic E-state index is -4.95. The molecule has 0 saturated heterocycles. The molecule has 276 valence electrons. The van der Waals surface area contributed by atoms with Crippen LogP contribution < -0.4 is 0 Å². The second-order valence-electron chi connectivity index (χ2n) is 11.3. The molecule has 0 radical (unpaired) electrons. The summed E-state index contributed by atoms with van der Waals surface area (Å²) in [4.78, 5) is 19.3. The molecule has 18 nitrogen and oxygen atoms in total. The number of nitrogens with zero attached hydrogens (tertiary/aromatic N) is 6. The van der Waals surface area contributed by atoms with Crippen LogP contribution in [0.2, 0.25) is 0 Å². The van der Waals surface area contributed by atoms with Crippen LogP contribution in [-0.4, -0.2) is 94.9 Å². The molecule has 0 atom stereocenters. The van der Waals surface area contributed by atoms with Crippen LogP contribution in [0.5, 0.6) is 11.5 Å². The summed E-state index contributed by atoms with van der Waals surface area (Å²) in [6, 6.07) is 23.4. The molecule has 6 rings (SSSR count). The van der Waals surface area contributed by atoms with E-state index >= 15 is 0 Å². The Labute approximate surface area is 351 Å². The summed E-state index contributed by atoms with van der Waals surface area (Å²) < 4.78 is 68.6. The monoisotopic (exact) mass is 910 g/mol. The fourth-order valence-electron chi connectivity index (χ4n) is 5.21. The topological polar surface area (TPSA) is 291 Å².